The van der Waals surface area contributed by atoms with Crippen LogP contribution in [0.25, 0.3) is 0 Å². The molecule has 0 aromatic carbocycles. The first-order valence-electron chi connectivity index (χ1n) is 6.28. The number of nitrogens with one attached hydrogen (secondary N) is 1. The fraction of sp³-hybridized carbons (Fsp3) is 0.833. The molecule has 0 saturated heterocycles. The maximum Gasteiger partial charge on any atom is 0.409 e. The zero-order valence-corrected chi connectivity index (χ0v) is 11.1. The lowest BCUT2D eigenvalue weighted by molar-refractivity contribution is -0.274. The summed E-state index contributed by atoms with van der Waals surface area (Å²) < 4.78 is 74.7. The number of nitriles is 1. The van der Waals surface area contributed by atoms with Gasteiger partial charge in [-0.05, 0) is 31.6 Å². The maximum atomic E-state index is 12.4. The summed E-state index contributed by atoms with van der Waals surface area (Å²) in [7, 11) is 0. The minimum Gasteiger partial charge on any atom is -0.337 e. The molecule has 0 heterocycles. The van der Waals surface area contributed by atoms with Gasteiger partial charge in [-0.2, -0.15) is 31.6 Å². The van der Waals surface area contributed by atoms with Crippen LogP contribution in [0.2, 0.25) is 0 Å². The Labute approximate surface area is 117 Å². The maximum absolute atomic E-state index is 12.4. The van der Waals surface area contributed by atoms with Gasteiger partial charge in [-0.15, -0.1) is 0 Å². The van der Waals surface area contributed by atoms with E-state index in [2.05, 4.69) is 0 Å². The molecule has 120 valence electrons. The average Bonchev–Trinajstić information content (AvgIpc) is 2.28. The molecule has 0 radical (unpaired) electrons. The quantitative estimate of drug-likeness (QED) is 0.795. The smallest absolute Gasteiger partial charge is 0.337 e. The van der Waals surface area contributed by atoms with Crippen molar-refractivity contribution < 1.29 is 31.1 Å². The third kappa shape index (κ3) is 4.25. The zero-order chi connectivity index (χ0) is 16.5. The minimum absolute atomic E-state index is 0.0405. The molecule has 21 heavy (non-hydrogen) atoms. The molecule has 0 aromatic heterocycles. The van der Waals surface area contributed by atoms with Gasteiger partial charge < -0.3 is 5.32 Å². The summed E-state index contributed by atoms with van der Waals surface area (Å²) >= 11 is 0. The monoisotopic (exact) mass is 316 g/mol. The van der Waals surface area contributed by atoms with Gasteiger partial charge >= 0.3 is 12.4 Å². The Bertz CT molecular complexity index is 414. The van der Waals surface area contributed by atoms with Crippen molar-refractivity contribution in [3.63, 3.8) is 0 Å². The fourth-order valence-electron chi connectivity index (χ4n) is 2.31. The summed E-state index contributed by atoms with van der Waals surface area (Å²) in [5.74, 6) is -6.12. The van der Waals surface area contributed by atoms with Gasteiger partial charge in [-0.1, -0.05) is 6.92 Å². The van der Waals surface area contributed by atoms with E-state index in [0.29, 0.717) is 12.8 Å². The number of hydrogen-bond acceptors (Lipinski definition) is 2. The van der Waals surface area contributed by atoms with Crippen LogP contribution >= 0.6 is 0 Å². The van der Waals surface area contributed by atoms with E-state index in [-0.39, 0.29) is 18.8 Å². The summed E-state index contributed by atoms with van der Waals surface area (Å²) in [6.07, 6.45) is -10.5. The molecule has 0 atom stereocenters. The molecule has 1 rings (SSSR count). The fourth-order valence-corrected chi connectivity index (χ4v) is 2.31. The summed E-state index contributed by atoms with van der Waals surface area (Å²) in [6.45, 7) is 1.86. The highest BCUT2D eigenvalue weighted by Crippen LogP contribution is 2.40. The van der Waals surface area contributed by atoms with Crippen LogP contribution in [0, 0.1) is 23.2 Å². The standard InChI is InChI=1S/C12H14F6N2O/c1-7-2-4-10(6-19,5-3-7)20-9(21)8(11(13,14)15)12(16,17)18/h7-8H,2-5H2,1H3,(H,20,21). The second-order valence-corrected chi connectivity index (χ2v) is 5.38. The van der Waals surface area contributed by atoms with Crippen LogP contribution in [0.3, 0.4) is 0 Å². The third-order valence-electron chi connectivity index (χ3n) is 3.62. The molecule has 1 N–H and O–H groups in total. The number of nitrogens with zero attached hydrogens (tertiary/aromatic N) is 1. The predicted octanol–water partition coefficient (Wildman–Crippen LogP) is 3.32. The van der Waals surface area contributed by atoms with Crippen molar-refractivity contribution in [3.05, 3.63) is 0 Å². The number of carbonyl (C=O) groups excluding carboxylic acids is 1. The first kappa shape index (κ1) is 17.6. The van der Waals surface area contributed by atoms with E-state index in [4.69, 9.17) is 5.26 Å². The Morgan fingerprint density at radius 1 is 1.19 bits per heavy atom. The summed E-state index contributed by atoms with van der Waals surface area (Å²) in [5.41, 5.74) is -1.65. The van der Waals surface area contributed by atoms with Gasteiger partial charge in [0.1, 0.15) is 5.54 Å². The van der Waals surface area contributed by atoms with Crippen LogP contribution in [0.15, 0.2) is 0 Å². The number of alkyl halides is 6. The SMILES string of the molecule is CC1CCC(C#N)(NC(=O)C(C(F)(F)F)C(F)(F)F)CC1. The predicted molar refractivity (Wildman–Crippen MR) is 59.7 cm³/mol. The van der Waals surface area contributed by atoms with E-state index in [1.54, 1.807) is 11.4 Å². The molecule has 1 saturated carbocycles. The first-order valence-corrected chi connectivity index (χ1v) is 6.28. The van der Waals surface area contributed by atoms with E-state index in [9.17, 15) is 31.1 Å². The largest absolute Gasteiger partial charge is 0.409 e. The molecule has 0 aromatic rings. The van der Waals surface area contributed by atoms with Crippen molar-refractivity contribution in [1.82, 2.24) is 5.32 Å². The van der Waals surface area contributed by atoms with Crippen LogP contribution < -0.4 is 5.32 Å². The van der Waals surface area contributed by atoms with Crippen molar-refractivity contribution in [2.24, 2.45) is 11.8 Å². The molecule has 1 aliphatic rings. The second-order valence-electron chi connectivity index (χ2n) is 5.38. The lowest BCUT2D eigenvalue weighted by atomic mass is 9.77. The van der Waals surface area contributed by atoms with E-state index in [0.717, 1.165) is 0 Å². The Morgan fingerprint density at radius 2 is 1.62 bits per heavy atom. The molecule has 9 heteroatoms. The van der Waals surface area contributed by atoms with Gasteiger partial charge in [0.2, 0.25) is 11.8 Å². The van der Waals surface area contributed by atoms with Gasteiger partial charge in [-0.3, -0.25) is 4.79 Å². The normalized spacial score (nSPS) is 27.3. The van der Waals surface area contributed by atoms with Crippen molar-refractivity contribution in [1.29, 1.82) is 5.26 Å². The van der Waals surface area contributed by atoms with Gasteiger partial charge in [0.25, 0.3) is 0 Å². The molecule has 0 spiro atoms. The number of carbonyl (C=O) groups is 1. The van der Waals surface area contributed by atoms with Crippen molar-refractivity contribution >= 4 is 5.91 Å². The Morgan fingerprint density at radius 3 is 1.95 bits per heavy atom. The highest BCUT2D eigenvalue weighted by atomic mass is 19.4. The molecule has 1 aliphatic carbocycles. The van der Waals surface area contributed by atoms with Crippen LogP contribution in [0.5, 0.6) is 0 Å². The Balaban J connectivity index is 2.94. The molecule has 1 fully saturated rings. The lowest BCUT2D eigenvalue weighted by Gasteiger charge is -2.35. The number of rotatable bonds is 2. The van der Waals surface area contributed by atoms with Gasteiger partial charge in [0.15, 0.2) is 0 Å². The van der Waals surface area contributed by atoms with Gasteiger partial charge in [-0.25, -0.2) is 0 Å². The van der Waals surface area contributed by atoms with Crippen molar-refractivity contribution in [3.8, 4) is 6.07 Å². The highest BCUT2D eigenvalue weighted by molar-refractivity contribution is 5.81. The summed E-state index contributed by atoms with van der Waals surface area (Å²) in [4.78, 5) is 11.4. The van der Waals surface area contributed by atoms with E-state index < -0.39 is 29.7 Å². The Hall–Kier alpha value is -1.46. The second kappa shape index (κ2) is 5.73. The third-order valence-corrected chi connectivity index (χ3v) is 3.62. The number of amides is 1. The summed E-state index contributed by atoms with van der Waals surface area (Å²) in [5, 5.41) is 10.7. The molecule has 3 nitrogen and oxygen atoms in total. The minimum atomic E-state index is -5.75. The molecular formula is C12H14F6N2O. The van der Waals surface area contributed by atoms with E-state index in [1.807, 2.05) is 6.92 Å². The number of hydrogen-bond donors (Lipinski definition) is 1. The Kier molecular flexibility index (Phi) is 4.80. The molecule has 0 unspecified atom stereocenters. The van der Waals surface area contributed by atoms with Gasteiger partial charge in [0.05, 0.1) is 6.07 Å². The number of halogens is 6. The van der Waals surface area contributed by atoms with Crippen LogP contribution in [0.4, 0.5) is 26.3 Å². The van der Waals surface area contributed by atoms with Gasteiger partial charge in [0, 0.05) is 0 Å². The molecule has 0 aliphatic heterocycles. The zero-order valence-electron chi connectivity index (χ0n) is 11.1. The molecule has 1 amide bonds. The van der Waals surface area contributed by atoms with Crippen LogP contribution in [-0.2, 0) is 4.79 Å². The topological polar surface area (TPSA) is 52.9 Å². The molecular weight excluding hydrogens is 302 g/mol. The van der Waals surface area contributed by atoms with E-state index >= 15 is 0 Å². The lowest BCUT2D eigenvalue weighted by Crippen LogP contribution is -2.56. The molecule has 0 bridgehead atoms. The first-order chi connectivity index (χ1) is 9.41. The van der Waals surface area contributed by atoms with Crippen molar-refractivity contribution in [2.75, 3.05) is 0 Å². The highest BCUT2D eigenvalue weighted by Gasteiger charge is 2.62. The van der Waals surface area contributed by atoms with Crippen molar-refractivity contribution in [2.45, 2.75) is 50.5 Å². The van der Waals surface area contributed by atoms with Crippen LogP contribution in [0.1, 0.15) is 32.6 Å². The average molecular weight is 316 g/mol. The van der Waals surface area contributed by atoms with Crippen LogP contribution in [-0.4, -0.2) is 23.8 Å². The summed E-state index contributed by atoms with van der Waals surface area (Å²) in [6, 6.07) is 1.66. The van der Waals surface area contributed by atoms with E-state index in [1.165, 1.54) is 0 Å².